The number of phenolic OH excluding ortho intramolecular Hbond substituents is 1. The number of nitrogens with zero attached hydrogens (tertiary/aromatic N) is 4. The second-order valence-corrected chi connectivity index (χ2v) is 7.12. The van der Waals surface area contributed by atoms with Crippen LogP contribution in [0.3, 0.4) is 0 Å². The molecule has 2 fully saturated rings. The Bertz CT molecular complexity index is 689. The van der Waals surface area contributed by atoms with Crippen LogP contribution >= 0.6 is 0 Å². The molecule has 0 aromatic heterocycles. The number of amides is 1. The number of nitrogens with one attached hydrogen (secondary N) is 1. The Labute approximate surface area is 159 Å². The number of carbonyl (C=O) groups is 1. The first-order valence-electron chi connectivity index (χ1n) is 9.54. The van der Waals surface area contributed by atoms with Gasteiger partial charge < -0.3 is 25.1 Å². The van der Waals surface area contributed by atoms with E-state index in [1.165, 1.54) is 18.2 Å². The zero-order chi connectivity index (χ0) is 19.2. The number of carbonyl (C=O) groups excluding carboxylic acids is 1. The Morgan fingerprint density at radius 3 is 2.74 bits per heavy atom. The fourth-order valence-electron chi connectivity index (χ4n) is 3.35. The lowest BCUT2D eigenvalue weighted by Gasteiger charge is -2.34. The number of aliphatic imine (C=N–C) groups is 1. The normalized spacial score (nSPS) is 19.0. The second kappa shape index (κ2) is 9.03. The molecule has 0 aliphatic carbocycles. The van der Waals surface area contributed by atoms with Crippen LogP contribution in [0.25, 0.3) is 0 Å². The monoisotopic (exact) mass is 377 g/mol. The van der Waals surface area contributed by atoms with E-state index >= 15 is 0 Å². The first-order valence-corrected chi connectivity index (χ1v) is 9.54. The molecule has 0 bridgehead atoms. The van der Waals surface area contributed by atoms with Gasteiger partial charge in [0, 0.05) is 58.3 Å². The third-order valence-corrected chi connectivity index (χ3v) is 5.03. The van der Waals surface area contributed by atoms with E-state index in [2.05, 4.69) is 27.2 Å². The number of piperazine rings is 1. The lowest BCUT2D eigenvalue weighted by molar-refractivity contribution is -0.127. The Morgan fingerprint density at radius 1 is 1.26 bits per heavy atom. The van der Waals surface area contributed by atoms with Gasteiger partial charge >= 0.3 is 0 Å². The Hall–Kier alpha value is -2.35. The minimum Gasteiger partial charge on any atom is -0.506 e. The zero-order valence-electron chi connectivity index (χ0n) is 15.8. The van der Waals surface area contributed by atoms with E-state index in [1.54, 1.807) is 0 Å². The molecular weight excluding hydrogens is 349 g/mol. The molecule has 8 heteroatoms. The molecule has 148 valence electrons. The van der Waals surface area contributed by atoms with E-state index in [4.69, 9.17) is 0 Å². The molecule has 0 atom stereocenters. The largest absolute Gasteiger partial charge is 0.506 e. The predicted molar refractivity (Wildman–Crippen MR) is 103 cm³/mol. The number of anilines is 1. The molecule has 2 N–H and O–H groups in total. The van der Waals surface area contributed by atoms with Crippen LogP contribution in [0.4, 0.5) is 10.1 Å². The molecule has 0 unspecified atom stereocenters. The number of likely N-dealkylation sites (tertiary alicyclic amines) is 1. The van der Waals surface area contributed by atoms with Gasteiger partial charge in [-0.2, -0.15) is 0 Å². The number of guanidine groups is 1. The summed E-state index contributed by atoms with van der Waals surface area (Å²) in [5, 5.41) is 13.1. The van der Waals surface area contributed by atoms with E-state index in [1.807, 2.05) is 4.90 Å². The quantitative estimate of drug-likeness (QED) is 0.353. The third kappa shape index (κ3) is 5.32. The summed E-state index contributed by atoms with van der Waals surface area (Å²) >= 11 is 0. The number of halogens is 1. The molecule has 3 rings (SSSR count). The summed E-state index contributed by atoms with van der Waals surface area (Å²) in [6.45, 7) is 5.56. The van der Waals surface area contributed by atoms with Crippen molar-refractivity contribution in [2.75, 3.05) is 58.2 Å². The number of likely N-dealkylation sites (N-methyl/N-ethyl adjacent to an activating group) is 1. The predicted octanol–water partition coefficient (Wildman–Crippen LogP) is 1.56. The van der Waals surface area contributed by atoms with Gasteiger partial charge in [0.1, 0.15) is 11.6 Å². The SMILES string of the molecule is CN1CCN(C(=NCCCN2CCCC2=O)Nc2cc(F)ccc2O)CC1. The van der Waals surface area contributed by atoms with Gasteiger partial charge in [0.25, 0.3) is 0 Å². The van der Waals surface area contributed by atoms with Crippen molar-refractivity contribution >= 4 is 17.6 Å². The molecule has 1 aromatic carbocycles. The molecule has 1 aromatic rings. The number of aromatic hydroxyl groups is 1. The van der Waals surface area contributed by atoms with E-state index in [0.29, 0.717) is 31.2 Å². The summed E-state index contributed by atoms with van der Waals surface area (Å²) in [5.41, 5.74) is 0.308. The van der Waals surface area contributed by atoms with Gasteiger partial charge in [0.2, 0.25) is 5.91 Å². The van der Waals surface area contributed by atoms with Crippen molar-refractivity contribution in [1.82, 2.24) is 14.7 Å². The Morgan fingerprint density at radius 2 is 2.04 bits per heavy atom. The number of rotatable bonds is 5. The lowest BCUT2D eigenvalue weighted by atomic mass is 10.3. The molecule has 2 saturated heterocycles. The summed E-state index contributed by atoms with van der Waals surface area (Å²) in [6, 6.07) is 3.82. The smallest absolute Gasteiger partial charge is 0.222 e. The molecular formula is C19H28FN5O2. The maximum absolute atomic E-state index is 13.6. The van der Waals surface area contributed by atoms with Crippen molar-refractivity contribution in [1.29, 1.82) is 0 Å². The Balaban J connectivity index is 1.65. The number of hydrogen-bond donors (Lipinski definition) is 2. The average molecular weight is 377 g/mol. The van der Waals surface area contributed by atoms with Crippen molar-refractivity contribution in [3.8, 4) is 5.75 Å². The molecule has 2 heterocycles. The molecule has 0 spiro atoms. The topological polar surface area (TPSA) is 71.4 Å². The van der Waals surface area contributed by atoms with Crippen molar-refractivity contribution in [3.63, 3.8) is 0 Å². The van der Waals surface area contributed by atoms with E-state index < -0.39 is 5.82 Å². The van der Waals surface area contributed by atoms with Crippen molar-refractivity contribution < 1.29 is 14.3 Å². The molecule has 1 amide bonds. The first-order chi connectivity index (χ1) is 13.0. The van der Waals surface area contributed by atoms with Gasteiger partial charge in [0.05, 0.1) is 5.69 Å². The highest BCUT2D eigenvalue weighted by atomic mass is 19.1. The van der Waals surface area contributed by atoms with E-state index in [0.717, 1.165) is 45.6 Å². The minimum atomic E-state index is -0.416. The highest BCUT2D eigenvalue weighted by Gasteiger charge is 2.20. The van der Waals surface area contributed by atoms with Crippen LogP contribution in [-0.4, -0.2) is 84.5 Å². The summed E-state index contributed by atoms with van der Waals surface area (Å²) in [6.07, 6.45) is 2.37. The van der Waals surface area contributed by atoms with Crippen molar-refractivity contribution in [2.45, 2.75) is 19.3 Å². The number of benzene rings is 1. The standard InChI is InChI=1S/C19H28FN5O2/c1-23-10-12-25(13-11-23)19(22-16-14-15(20)5-6-17(16)26)21-7-3-9-24-8-2-4-18(24)27/h5-6,14,26H,2-4,7-13H2,1H3,(H,21,22). The van der Waals surface area contributed by atoms with E-state index in [-0.39, 0.29) is 11.7 Å². The van der Waals surface area contributed by atoms with Crippen LogP contribution in [0.15, 0.2) is 23.2 Å². The maximum Gasteiger partial charge on any atom is 0.222 e. The summed E-state index contributed by atoms with van der Waals surface area (Å²) in [7, 11) is 2.08. The third-order valence-electron chi connectivity index (χ3n) is 5.03. The molecule has 2 aliphatic heterocycles. The Kier molecular flexibility index (Phi) is 6.49. The molecule has 0 radical (unpaired) electrons. The van der Waals surface area contributed by atoms with Crippen LogP contribution < -0.4 is 5.32 Å². The van der Waals surface area contributed by atoms with Gasteiger partial charge in [-0.3, -0.25) is 9.79 Å². The van der Waals surface area contributed by atoms with Crippen LogP contribution in [0.2, 0.25) is 0 Å². The molecule has 7 nitrogen and oxygen atoms in total. The van der Waals surface area contributed by atoms with Gasteiger partial charge in [-0.1, -0.05) is 0 Å². The van der Waals surface area contributed by atoms with Gasteiger partial charge in [-0.25, -0.2) is 4.39 Å². The van der Waals surface area contributed by atoms with Gasteiger partial charge in [-0.05, 0) is 32.0 Å². The van der Waals surface area contributed by atoms with E-state index in [9.17, 15) is 14.3 Å². The fourth-order valence-corrected chi connectivity index (χ4v) is 3.35. The van der Waals surface area contributed by atoms with Crippen molar-refractivity contribution in [3.05, 3.63) is 24.0 Å². The van der Waals surface area contributed by atoms with Crippen LogP contribution in [-0.2, 0) is 4.79 Å². The van der Waals surface area contributed by atoms with Gasteiger partial charge in [-0.15, -0.1) is 0 Å². The number of hydrogen-bond acceptors (Lipinski definition) is 4. The zero-order valence-corrected chi connectivity index (χ0v) is 15.8. The molecule has 0 saturated carbocycles. The highest BCUT2D eigenvalue weighted by molar-refractivity contribution is 5.95. The molecule has 2 aliphatic rings. The summed E-state index contributed by atoms with van der Waals surface area (Å²) < 4.78 is 13.6. The first kappa shape index (κ1) is 19.4. The van der Waals surface area contributed by atoms with Crippen molar-refractivity contribution in [2.24, 2.45) is 4.99 Å². The number of phenols is 1. The highest BCUT2D eigenvalue weighted by Crippen LogP contribution is 2.24. The minimum absolute atomic E-state index is 0.0131. The summed E-state index contributed by atoms with van der Waals surface area (Å²) in [4.78, 5) is 22.6. The second-order valence-electron chi connectivity index (χ2n) is 7.12. The van der Waals surface area contributed by atoms with Crippen LogP contribution in [0, 0.1) is 5.82 Å². The van der Waals surface area contributed by atoms with Gasteiger partial charge in [0.15, 0.2) is 5.96 Å². The fraction of sp³-hybridized carbons (Fsp3) is 0.579. The average Bonchev–Trinajstić information content (AvgIpc) is 3.06. The van der Waals surface area contributed by atoms with Crippen LogP contribution in [0.5, 0.6) is 5.75 Å². The molecule has 27 heavy (non-hydrogen) atoms. The summed E-state index contributed by atoms with van der Waals surface area (Å²) in [5.74, 6) is 0.430. The van der Waals surface area contributed by atoms with Crippen LogP contribution in [0.1, 0.15) is 19.3 Å². The maximum atomic E-state index is 13.6. The lowest BCUT2D eigenvalue weighted by Crippen LogP contribution is -2.49.